The minimum atomic E-state index is 0.547. The van der Waals surface area contributed by atoms with Gasteiger partial charge in [0.25, 0.3) is 0 Å². The van der Waals surface area contributed by atoms with Crippen molar-refractivity contribution in [3.05, 3.63) is 34.7 Å². The number of hydrogen-bond donors (Lipinski definition) is 1. The van der Waals surface area contributed by atoms with Gasteiger partial charge in [0.15, 0.2) is 0 Å². The number of nitrogens with one attached hydrogen (secondary N) is 1. The summed E-state index contributed by atoms with van der Waals surface area (Å²) in [6.45, 7) is 8.01. The molecule has 0 bridgehead atoms. The van der Waals surface area contributed by atoms with Crippen LogP contribution in [0.1, 0.15) is 25.1 Å². The second-order valence-electron chi connectivity index (χ2n) is 5.46. The Kier molecular flexibility index (Phi) is 5.20. The summed E-state index contributed by atoms with van der Waals surface area (Å²) in [6.07, 6.45) is 3.22. The van der Waals surface area contributed by atoms with E-state index in [1.165, 1.54) is 0 Å². The van der Waals surface area contributed by atoms with Crippen molar-refractivity contribution in [1.29, 1.82) is 0 Å². The van der Waals surface area contributed by atoms with Crippen LogP contribution in [0.25, 0.3) is 0 Å². The van der Waals surface area contributed by atoms with Gasteiger partial charge in [0.2, 0.25) is 5.88 Å². The number of ether oxygens (including phenoxy) is 1. The molecule has 0 saturated carbocycles. The van der Waals surface area contributed by atoms with Gasteiger partial charge in [0.1, 0.15) is 5.75 Å². The topological polar surface area (TPSA) is 52.0 Å². The lowest BCUT2D eigenvalue weighted by Gasteiger charge is -2.10. The highest BCUT2D eigenvalue weighted by Gasteiger charge is 2.15. The van der Waals surface area contributed by atoms with Crippen LogP contribution >= 0.6 is 11.6 Å². The Morgan fingerprint density at radius 3 is 2.81 bits per heavy atom. The SMILES string of the molecule is Cc1nn(C)c(Oc2cncc(Cl)c2)c1CNCC(C)C. The Hall–Kier alpha value is -1.59. The van der Waals surface area contributed by atoms with Crippen LogP contribution in [0, 0.1) is 12.8 Å². The Bertz CT molecular complexity index is 610. The van der Waals surface area contributed by atoms with Crippen molar-refractivity contribution in [2.45, 2.75) is 27.3 Å². The van der Waals surface area contributed by atoms with E-state index in [9.17, 15) is 0 Å². The van der Waals surface area contributed by atoms with Crippen LogP contribution in [0.2, 0.25) is 5.02 Å². The molecule has 0 fully saturated rings. The third-order valence-corrected chi connectivity index (χ3v) is 3.24. The highest BCUT2D eigenvalue weighted by atomic mass is 35.5. The molecule has 2 heterocycles. The van der Waals surface area contributed by atoms with Gasteiger partial charge >= 0.3 is 0 Å². The lowest BCUT2D eigenvalue weighted by molar-refractivity contribution is 0.421. The Morgan fingerprint density at radius 1 is 1.38 bits per heavy atom. The molecular weight excluding hydrogens is 288 g/mol. The van der Waals surface area contributed by atoms with E-state index in [1.54, 1.807) is 23.1 Å². The van der Waals surface area contributed by atoms with Crippen LogP contribution in [0.3, 0.4) is 0 Å². The third-order valence-electron chi connectivity index (χ3n) is 3.04. The van der Waals surface area contributed by atoms with Crippen molar-refractivity contribution in [3.63, 3.8) is 0 Å². The number of halogens is 1. The quantitative estimate of drug-likeness (QED) is 0.889. The number of aryl methyl sites for hydroxylation is 2. The molecule has 0 spiro atoms. The maximum atomic E-state index is 5.94. The molecule has 0 saturated heterocycles. The maximum Gasteiger partial charge on any atom is 0.222 e. The Labute approximate surface area is 130 Å². The van der Waals surface area contributed by atoms with Gasteiger partial charge in [-0.3, -0.25) is 4.98 Å². The minimum absolute atomic E-state index is 0.547. The fourth-order valence-corrected chi connectivity index (χ4v) is 2.22. The number of hydrogen-bond acceptors (Lipinski definition) is 4. The molecule has 114 valence electrons. The van der Waals surface area contributed by atoms with E-state index < -0.39 is 0 Å². The molecule has 2 rings (SSSR count). The average molecular weight is 309 g/mol. The molecule has 5 nitrogen and oxygen atoms in total. The van der Waals surface area contributed by atoms with E-state index >= 15 is 0 Å². The maximum absolute atomic E-state index is 5.94. The van der Waals surface area contributed by atoms with E-state index in [4.69, 9.17) is 16.3 Å². The molecule has 0 aliphatic heterocycles. The van der Waals surface area contributed by atoms with Gasteiger partial charge in [0, 0.05) is 25.9 Å². The molecule has 0 aliphatic rings. The van der Waals surface area contributed by atoms with Gasteiger partial charge in [-0.2, -0.15) is 5.10 Å². The summed E-state index contributed by atoms with van der Waals surface area (Å²) in [4.78, 5) is 4.03. The second-order valence-corrected chi connectivity index (χ2v) is 5.89. The zero-order valence-electron chi connectivity index (χ0n) is 12.9. The summed E-state index contributed by atoms with van der Waals surface area (Å²) in [7, 11) is 1.87. The summed E-state index contributed by atoms with van der Waals surface area (Å²) < 4.78 is 7.65. The molecule has 21 heavy (non-hydrogen) atoms. The van der Waals surface area contributed by atoms with Gasteiger partial charge in [-0.15, -0.1) is 0 Å². The largest absolute Gasteiger partial charge is 0.437 e. The van der Waals surface area contributed by atoms with Crippen LogP contribution in [0.15, 0.2) is 18.5 Å². The number of nitrogens with zero attached hydrogens (tertiary/aromatic N) is 3. The van der Waals surface area contributed by atoms with Gasteiger partial charge in [0.05, 0.1) is 22.5 Å². The normalized spacial score (nSPS) is 11.1. The van der Waals surface area contributed by atoms with E-state index in [0.29, 0.717) is 22.6 Å². The van der Waals surface area contributed by atoms with Crippen LogP contribution in [-0.2, 0) is 13.6 Å². The second kappa shape index (κ2) is 6.91. The molecule has 2 aromatic heterocycles. The van der Waals surface area contributed by atoms with Crippen molar-refractivity contribution < 1.29 is 4.74 Å². The lowest BCUT2D eigenvalue weighted by Crippen LogP contribution is -2.19. The summed E-state index contributed by atoms with van der Waals surface area (Å²) in [6, 6.07) is 1.74. The first-order chi connectivity index (χ1) is 9.97. The predicted molar refractivity (Wildman–Crippen MR) is 83.8 cm³/mol. The standard InChI is InChI=1S/C15H21ClN4O/c1-10(2)6-17-9-14-11(3)19-20(4)15(14)21-13-5-12(16)7-18-8-13/h5,7-8,10,17H,6,9H2,1-4H3. The van der Waals surface area contributed by atoms with E-state index in [-0.39, 0.29) is 0 Å². The highest BCUT2D eigenvalue weighted by Crippen LogP contribution is 2.28. The first kappa shape index (κ1) is 15.8. The summed E-state index contributed by atoms with van der Waals surface area (Å²) in [5.41, 5.74) is 2.01. The lowest BCUT2D eigenvalue weighted by atomic mass is 10.2. The van der Waals surface area contributed by atoms with Crippen molar-refractivity contribution in [3.8, 4) is 11.6 Å². The number of aromatic nitrogens is 3. The molecular formula is C15H21ClN4O. The first-order valence-electron chi connectivity index (χ1n) is 6.99. The molecule has 6 heteroatoms. The molecule has 0 unspecified atom stereocenters. The van der Waals surface area contributed by atoms with Crippen LogP contribution < -0.4 is 10.1 Å². The minimum Gasteiger partial charge on any atom is -0.437 e. The fraction of sp³-hybridized carbons (Fsp3) is 0.467. The van der Waals surface area contributed by atoms with E-state index in [1.807, 2.05) is 14.0 Å². The smallest absolute Gasteiger partial charge is 0.222 e. The van der Waals surface area contributed by atoms with Gasteiger partial charge in [-0.05, 0) is 19.4 Å². The molecule has 0 radical (unpaired) electrons. The molecule has 0 amide bonds. The van der Waals surface area contributed by atoms with Crippen LogP contribution in [0.5, 0.6) is 11.6 Å². The van der Waals surface area contributed by atoms with Gasteiger partial charge in [-0.25, -0.2) is 4.68 Å². The van der Waals surface area contributed by atoms with Crippen LogP contribution in [-0.4, -0.2) is 21.3 Å². The van der Waals surface area contributed by atoms with Crippen molar-refractivity contribution in [2.24, 2.45) is 13.0 Å². The van der Waals surface area contributed by atoms with Crippen LogP contribution in [0.4, 0.5) is 0 Å². The fourth-order valence-electron chi connectivity index (χ4n) is 2.06. The van der Waals surface area contributed by atoms with Gasteiger partial charge < -0.3 is 10.1 Å². The number of pyridine rings is 1. The Balaban J connectivity index is 2.18. The molecule has 0 aromatic carbocycles. The molecule has 0 atom stereocenters. The van der Waals surface area contributed by atoms with Gasteiger partial charge in [-0.1, -0.05) is 25.4 Å². The third kappa shape index (κ3) is 4.19. The highest BCUT2D eigenvalue weighted by molar-refractivity contribution is 6.30. The molecule has 2 aromatic rings. The Morgan fingerprint density at radius 2 is 2.14 bits per heavy atom. The summed E-state index contributed by atoms with van der Waals surface area (Å²) in [5.74, 6) is 1.92. The van der Waals surface area contributed by atoms with E-state index in [2.05, 4.69) is 29.2 Å². The number of rotatable bonds is 6. The zero-order valence-corrected chi connectivity index (χ0v) is 13.6. The zero-order chi connectivity index (χ0) is 15.4. The predicted octanol–water partition coefficient (Wildman–Crippen LogP) is 3.31. The molecule has 0 aliphatic carbocycles. The first-order valence-corrected chi connectivity index (χ1v) is 7.36. The summed E-state index contributed by atoms with van der Waals surface area (Å²) >= 11 is 5.94. The monoisotopic (exact) mass is 308 g/mol. The molecule has 1 N–H and O–H groups in total. The van der Waals surface area contributed by atoms with E-state index in [0.717, 1.165) is 24.3 Å². The van der Waals surface area contributed by atoms with Crippen molar-refractivity contribution >= 4 is 11.6 Å². The summed E-state index contributed by atoms with van der Waals surface area (Å²) in [5, 5.41) is 8.39. The average Bonchev–Trinajstić information content (AvgIpc) is 2.65. The van der Waals surface area contributed by atoms with Crippen molar-refractivity contribution in [2.75, 3.05) is 6.54 Å². The van der Waals surface area contributed by atoms with Crippen molar-refractivity contribution in [1.82, 2.24) is 20.1 Å².